The number of ether oxygens (including phenoxy) is 1. The summed E-state index contributed by atoms with van der Waals surface area (Å²) in [5, 5.41) is 8.01. The number of halogens is 3. The highest BCUT2D eigenvalue weighted by molar-refractivity contribution is 7.86. The number of pyridine rings is 1. The van der Waals surface area contributed by atoms with Gasteiger partial charge in [0.15, 0.2) is 16.8 Å². The van der Waals surface area contributed by atoms with E-state index < -0.39 is 50.2 Å². The summed E-state index contributed by atoms with van der Waals surface area (Å²) in [6, 6.07) is 4.34. The first kappa shape index (κ1) is 32.7. The number of benzene rings is 1. The third-order valence-electron chi connectivity index (χ3n) is 5.53. The molecule has 4 N–H and O–H groups in total. The molecule has 0 spiro atoms. The van der Waals surface area contributed by atoms with Gasteiger partial charge in [0.05, 0.1) is 24.3 Å². The number of alkyl carbamates (subject to hydrolysis) is 1. The molecule has 2 unspecified atom stereocenters. The van der Waals surface area contributed by atoms with Crippen LogP contribution in [0.5, 0.6) is 0 Å². The minimum absolute atomic E-state index is 0.0215. The highest BCUT2D eigenvalue weighted by Gasteiger charge is 2.24. The molecule has 1 amide bonds. The Morgan fingerprint density at radius 3 is 2.50 bits per heavy atom. The van der Waals surface area contributed by atoms with E-state index in [1.807, 2.05) is 20.8 Å². The van der Waals surface area contributed by atoms with E-state index >= 15 is 4.39 Å². The van der Waals surface area contributed by atoms with Crippen LogP contribution in [0.25, 0.3) is 5.57 Å². The van der Waals surface area contributed by atoms with E-state index in [1.54, 1.807) is 19.2 Å². The van der Waals surface area contributed by atoms with Crippen molar-refractivity contribution in [2.24, 2.45) is 0 Å². The summed E-state index contributed by atoms with van der Waals surface area (Å²) >= 11 is 4.73. The molecule has 226 valence electrons. The van der Waals surface area contributed by atoms with Crippen LogP contribution < -0.4 is 20.7 Å². The van der Waals surface area contributed by atoms with E-state index in [-0.39, 0.29) is 29.8 Å². The lowest BCUT2D eigenvalue weighted by molar-refractivity contribution is 0.168. The average molecular weight is 624 g/mol. The van der Waals surface area contributed by atoms with E-state index in [9.17, 15) is 17.8 Å². The molecule has 0 bridgehead atoms. The normalized spacial score (nSPS) is 14.0. The predicted octanol–water partition coefficient (Wildman–Crippen LogP) is 4.98. The molecule has 42 heavy (non-hydrogen) atoms. The zero-order chi connectivity index (χ0) is 31.0. The van der Waals surface area contributed by atoms with Crippen molar-refractivity contribution in [1.82, 2.24) is 25.6 Å². The van der Waals surface area contributed by atoms with Gasteiger partial charge in [-0.05, 0) is 51.5 Å². The van der Waals surface area contributed by atoms with Crippen LogP contribution in [0, 0.1) is 17.5 Å². The Hall–Kier alpha value is -3.85. The molecular weight excluding hydrogens is 591 g/mol. The second-order valence-electron chi connectivity index (χ2n) is 10.1. The van der Waals surface area contributed by atoms with Crippen molar-refractivity contribution in [2.75, 3.05) is 23.7 Å². The molecule has 0 saturated heterocycles. The van der Waals surface area contributed by atoms with Crippen molar-refractivity contribution < 1.29 is 26.9 Å². The van der Waals surface area contributed by atoms with Gasteiger partial charge in [-0.1, -0.05) is 6.07 Å². The van der Waals surface area contributed by atoms with Gasteiger partial charge in [0, 0.05) is 42.3 Å². The van der Waals surface area contributed by atoms with Crippen molar-refractivity contribution in [2.45, 2.75) is 49.4 Å². The number of carbonyl (C=O) groups is 1. The SMILES string of the molecule is COC(=O)N[C@@H](C)CNc1nccc(C(S)/C(=C\NC(C)(C)C)c2cncc(NS(=O)c3c(F)cccc3F)c2F)n1. The Kier molecular flexibility index (Phi) is 11.2. The predicted molar refractivity (Wildman–Crippen MR) is 159 cm³/mol. The Bertz CT molecular complexity index is 1450. The molecule has 0 aliphatic rings. The molecule has 0 saturated carbocycles. The van der Waals surface area contributed by atoms with Crippen LogP contribution >= 0.6 is 12.6 Å². The third-order valence-corrected chi connectivity index (χ3v) is 7.24. The average Bonchev–Trinajstić information content (AvgIpc) is 2.93. The van der Waals surface area contributed by atoms with Gasteiger partial charge in [-0.2, -0.15) is 12.6 Å². The molecule has 2 aromatic heterocycles. The van der Waals surface area contributed by atoms with Gasteiger partial charge in [-0.3, -0.25) is 9.71 Å². The molecule has 0 fully saturated rings. The third kappa shape index (κ3) is 8.82. The van der Waals surface area contributed by atoms with Crippen molar-refractivity contribution in [3.8, 4) is 0 Å². The number of amides is 1. The van der Waals surface area contributed by atoms with Crippen LogP contribution in [0.1, 0.15) is 44.2 Å². The zero-order valence-electron chi connectivity index (χ0n) is 23.5. The van der Waals surface area contributed by atoms with Crippen LogP contribution in [0.4, 0.5) is 29.6 Å². The van der Waals surface area contributed by atoms with Gasteiger partial charge in [0.1, 0.15) is 22.2 Å². The number of nitrogens with one attached hydrogen (secondary N) is 4. The Morgan fingerprint density at radius 1 is 1.17 bits per heavy atom. The molecular formula is C27H32F3N7O3S2. The van der Waals surface area contributed by atoms with E-state index in [0.29, 0.717) is 11.3 Å². The number of hydrogen-bond acceptors (Lipinski definition) is 9. The molecule has 1 aromatic carbocycles. The van der Waals surface area contributed by atoms with E-state index in [2.05, 4.69) is 40.4 Å². The fourth-order valence-electron chi connectivity index (χ4n) is 3.45. The van der Waals surface area contributed by atoms with Crippen molar-refractivity contribution >= 4 is 46.9 Å². The first-order valence-electron chi connectivity index (χ1n) is 12.6. The Balaban J connectivity index is 1.93. The first-order valence-corrected chi connectivity index (χ1v) is 14.3. The fourth-order valence-corrected chi connectivity index (χ4v) is 4.74. The summed E-state index contributed by atoms with van der Waals surface area (Å²) in [4.78, 5) is 23.4. The monoisotopic (exact) mass is 623 g/mol. The lowest BCUT2D eigenvalue weighted by atomic mass is 10.0. The van der Waals surface area contributed by atoms with Gasteiger partial charge in [-0.25, -0.2) is 32.1 Å². The van der Waals surface area contributed by atoms with Crippen LogP contribution in [-0.2, 0) is 15.7 Å². The van der Waals surface area contributed by atoms with E-state index in [4.69, 9.17) is 12.6 Å². The van der Waals surface area contributed by atoms with Gasteiger partial charge < -0.3 is 20.7 Å². The quantitative estimate of drug-likeness (QED) is 0.189. The number of nitrogens with zero attached hydrogens (tertiary/aromatic N) is 3. The maximum Gasteiger partial charge on any atom is 0.407 e. The number of aromatic nitrogens is 3. The van der Waals surface area contributed by atoms with Gasteiger partial charge in [0.2, 0.25) is 5.95 Å². The molecule has 0 radical (unpaired) electrons. The molecule has 3 rings (SSSR count). The summed E-state index contributed by atoms with van der Waals surface area (Å²) in [6.45, 7) is 7.77. The smallest absolute Gasteiger partial charge is 0.407 e. The second kappa shape index (κ2) is 14.4. The minimum Gasteiger partial charge on any atom is -0.453 e. The fraction of sp³-hybridized carbons (Fsp3) is 0.333. The number of methoxy groups -OCH3 is 1. The van der Waals surface area contributed by atoms with Crippen molar-refractivity contribution in [3.05, 3.63) is 77.8 Å². The standard InChI is InChI=1S/C27H32F3N7O3S2/c1-15(35-26(38)40-5)11-33-25-32-10-9-20(36-25)23(41)17(13-34-27(2,3)4)16-12-31-14-21(22(16)30)37-42(39)24-18(28)7-6-8-19(24)29/h6-10,12-15,23,34,37,41H,11H2,1-5H3,(H,35,38)(H,32,33,36)/b17-13-/t15-,23?,42?/m0/s1. The van der Waals surface area contributed by atoms with Gasteiger partial charge in [-0.15, -0.1) is 0 Å². The van der Waals surface area contributed by atoms with Gasteiger partial charge >= 0.3 is 6.09 Å². The van der Waals surface area contributed by atoms with E-state index in [0.717, 1.165) is 24.4 Å². The van der Waals surface area contributed by atoms with Crippen LogP contribution in [0.3, 0.4) is 0 Å². The molecule has 0 aliphatic heterocycles. The Morgan fingerprint density at radius 2 is 1.86 bits per heavy atom. The summed E-state index contributed by atoms with van der Waals surface area (Å²) in [5.41, 5.74) is -0.0559. The number of hydrogen-bond donors (Lipinski definition) is 5. The largest absolute Gasteiger partial charge is 0.453 e. The van der Waals surface area contributed by atoms with Crippen LogP contribution in [-0.4, -0.2) is 50.5 Å². The van der Waals surface area contributed by atoms with E-state index in [1.165, 1.54) is 19.5 Å². The van der Waals surface area contributed by atoms with Gasteiger partial charge in [0.25, 0.3) is 0 Å². The maximum atomic E-state index is 15.9. The number of anilines is 2. The molecule has 3 atom stereocenters. The molecule has 3 aromatic rings. The number of thiol groups is 1. The summed E-state index contributed by atoms with van der Waals surface area (Å²) in [6.07, 6.45) is 4.82. The lowest BCUT2D eigenvalue weighted by Crippen LogP contribution is -2.37. The second-order valence-corrected chi connectivity index (χ2v) is 11.8. The summed E-state index contributed by atoms with van der Waals surface area (Å²) < 4.78 is 63.9. The van der Waals surface area contributed by atoms with Crippen molar-refractivity contribution in [1.29, 1.82) is 0 Å². The number of carbonyl (C=O) groups excluding carboxylic acids is 1. The molecule has 10 nitrogen and oxygen atoms in total. The number of rotatable bonds is 11. The summed E-state index contributed by atoms with van der Waals surface area (Å²) in [5.74, 6) is -2.71. The Labute approximate surface area is 250 Å². The molecule has 0 aliphatic carbocycles. The highest BCUT2D eigenvalue weighted by atomic mass is 32.2. The lowest BCUT2D eigenvalue weighted by Gasteiger charge is -2.23. The van der Waals surface area contributed by atoms with Crippen LogP contribution in [0.2, 0.25) is 0 Å². The summed E-state index contributed by atoms with van der Waals surface area (Å²) in [7, 11) is -1.20. The minimum atomic E-state index is -2.47. The maximum absolute atomic E-state index is 15.9. The highest BCUT2D eigenvalue weighted by Crippen LogP contribution is 2.37. The zero-order valence-corrected chi connectivity index (χ0v) is 25.2. The van der Waals surface area contributed by atoms with Crippen LogP contribution in [0.15, 0.2) is 54.0 Å². The molecule has 2 heterocycles. The first-order chi connectivity index (χ1) is 19.8. The topological polar surface area (TPSA) is 130 Å². The van der Waals surface area contributed by atoms with Crippen molar-refractivity contribution in [3.63, 3.8) is 0 Å². The molecule has 15 heteroatoms.